The smallest absolute Gasteiger partial charge is 0.228 e. The molecule has 2 unspecified atom stereocenters. The van der Waals surface area contributed by atoms with Crippen molar-refractivity contribution in [3.05, 3.63) is 18.3 Å². The number of carbonyl (C=O) groups excluding carboxylic acids is 1. The third-order valence-corrected chi connectivity index (χ3v) is 2.77. The van der Waals surface area contributed by atoms with Crippen molar-refractivity contribution in [3.8, 4) is 5.75 Å². The lowest BCUT2D eigenvalue weighted by molar-refractivity contribution is -0.119. The van der Waals surface area contributed by atoms with Crippen molar-refractivity contribution in [1.82, 2.24) is 4.98 Å². The average Bonchev–Trinajstić information content (AvgIpc) is 2.31. The van der Waals surface area contributed by atoms with Crippen molar-refractivity contribution in [2.45, 2.75) is 39.2 Å². The topological polar surface area (TPSA) is 88.2 Å². The number of pyridine rings is 1. The molecule has 0 radical (unpaired) electrons. The zero-order chi connectivity index (χ0) is 13.5. The molecule has 0 saturated carbocycles. The molecule has 0 aromatic carbocycles. The zero-order valence-corrected chi connectivity index (χ0v) is 10.9. The quantitative estimate of drug-likeness (QED) is 0.720. The molecular weight excluding hydrogens is 230 g/mol. The number of hydrogen-bond donors (Lipinski definition) is 3. The molecule has 4 N–H and O–H groups in total. The maximum atomic E-state index is 11.8. The van der Waals surface area contributed by atoms with Crippen molar-refractivity contribution < 1.29 is 9.90 Å². The molecule has 1 aromatic heterocycles. The second-order valence-electron chi connectivity index (χ2n) is 4.67. The van der Waals surface area contributed by atoms with Crippen molar-refractivity contribution in [2.75, 3.05) is 5.32 Å². The third kappa shape index (κ3) is 4.71. The van der Waals surface area contributed by atoms with Gasteiger partial charge in [-0.15, -0.1) is 0 Å². The fraction of sp³-hybridized carbons (Fsp3) is 0.538. The van der Waals surface area contributed by atoms with Crippen LogP contribution >= 0.6 is 0 Å². The van der Waals surface area contributed by atoms with Crippen LogP contribution in [0.3, 0.4) is 0 Å². The molecule has 18 heavy (non-hydrogen) atoms. The van der Waals surface area contributed by atoms with Crippen LogP contribution < -0.4 is 11.1 Å². The van der Waals surface area contributed by atoms with Gasteiger partial charge in [-0.1, -0.05) is 13.3 Å². The van der Waals surface area contributed by atoms with Gasteiger partial charge < -0.3 is 16.2 Å². The van der Waals surface area contributed by atoms with E-state index in [1.165, 1.54) is 12.3 Å². The number of nitrogens with two attached hydrogens (primary N) is 1. The normalized spacial score (nSPS) is 13.9. The maximum absolute atomic E-state index is 11.8. The van der Waals surface area contributed by atoms with Crippen LogP contribution in [0.25, 0.3) is 0 Å². The van der Waals surface area contributed by atoms with E-state index in [2.05, 4.69) is 10.3 Å². The first-order chi connectivity index (χ1) is 8.50. The summed E-state index contributed by atoms with van der Waals surface area (Å²) in [5, 5.41) is 12.1. The molecule has 1 rings (SSSR count). The summed E-state index contributed by atoms with van der Waals surface area (Å²) in [5.41, 5.74) is 5.65. The first-order valence-electron chi connectivity index (χ1n) is 6.21. The lowest BCUT2D eigenvalue weighted by Gasteiger charge is -2.12. The molecule has 0 saturated heterocycles. The Kier molecular flexibility index (Phi) is 5.58. The van der Waals surface area contributed by atoms with Crippen LogP contribution in [0, 0.1) is 5.92 Å². The number of amides is 1. The maximum Gasteiger partial charge on any atom is 0.228 e. The van der Waals surface area contributed by atoms with E-state index in [0.29, 0.717) is 0 Å². The van der Waals surface area contributed by atoms with Gasteiger partial charge in [-0.05, 0) is 31.9 Å². The van der Waals surface area contributed by atoms with E-state index in [1.807, 2.05) is 13.8 Å². The lowest BCUT2D eigenvalue weighted by Crippen LogP contribution is -2.22. The van der Waals surface area contributed by atoms with Gasteiger partial charge in [0.1, 0.15) is 0 Å². The molecule has 0 aliphatic heterocycles. The van der Waals surface area contributed by atoms with Gasteiger partial charge in [0.2, 0.25) is 5.91 Å². The first kappa shape index (κ1) is 14.4. The Balaban J connectivity index is 2.43. The van der Waals surface area contributed by atoms with Crippen molar-refractivity contribution in [1.29, 1.82) is 0 Å². The van der Waals surface area contributed by atoms with E-state index in [0.717, 1.165) is 19.3 Å². The molecule has 5 heteroatoms. The number of rotatable bonds is 6. The number of nitrogens with one attached hydrogen (secondary N) is 1. The van der Waals surface area contributed by atoms with E-state index in [9.17, 15) is 9.90 Å². The van der Waals surface area contributed by atoms with Gasteiger partial charge >= 0.3 is 0 Å². The number of hydrogen-bond acceptors (Lipinski definition) is 4. The van der Waals surface area contributed by atoms with Crippen LogP contribution in [0.4, 0.5) is 5.82 Å². The molecule has 5 nitrogen and oxygen atoms in total. The fourth-order valence-corrected chi connectivity index (χ4v) is 1.61. The zero-order valence-electron chi connectivity index (χ0n) is 10.9. The van der Waals surface area contributed by atoms with Gasteiger partial charge in [0.05, 0.1) is 0 Å². The van der Waals surface area contributed by atoms with E-state index in [-0.39, 0.29) is 29.4 Å². The van der Waals surface area contributed by atoms with Crippen LogP contribution in [-0.2, 0) is 4.79 Å². The second-order valence-corrected chi connectivity index (χ2v) is 4.67. The summed E-state index contributed by atoms with van der Waals surface area (Å²) >= 11 is 0. The van der Waals surface area contributed by atoms with E-state index < -0.39 is 0 Å². The summed E-state index contributed by atoms with van der Waals surface area (Å²) < 4.78 is 0. The number of aromatic nitrogens is 1. The molecular formula is C13H21N3O2. The molecule has 1 heterocycles. The molecule has 0 spiro atoms. The van der Waals surface area contributed by atoms with Crippen molar-refractivity contribution >= 4 is 11.7 Å². The number of nitrogens with zero attached hydrogens (tertiary/aromatic N) is 1. The van der Waals surface area contributed by atoms with Crippen molar-refractivity contribution in [2.24, 2.45) is 11.7 Å². The van der Waals surface area contributed by atoms with Crippen molar-refractivity contribution in [3.63, 3.8) is 0 Å². The highest BCUT2D eigenvalue weighted by Gasteiger charge is 2.14. The predicted octanol–water partition coefficient (Wildman–Crippen LogP) is 1.88. The highest BCUT2D eigenvalue weighted by atomic mass is 16.3. The van der Waals surface area contributed by atoms with Gasteiger partial charge in [-0.25, -0.2) is 4.98 Å². The summed E-state index contributed by atoms with van der Waals surface area (Å²) in [6.07, 6.45) is 4.13. The van der Waals surface area contributed by atoms with E-state index in [1.54, 1.807) is 6.07 Å². The molecule has 1 aromatic rings. The van der Waals surface area contributed by atoms with Gasteiger partial charge in [-0.3, -0.25) is 4.79 Å². The summed E-state index contributed by atoms with van der Waals surface area (Å²) in [6.45, 7) is 3.81. The SMILES string of the molecule is CC(N)CCCC(C)C(=O)Nc1ncccc1O. The second kappa shape index (κ2) is 6.96. The van der Waals surface area contributed by atoms with E-state index in [4.69, 9.17) is 5.73 Å². The highest BCUT2D eigenvalue weighted by Crippen LogP contribution is 2.20. The number of carbonyl (C=O) groups is 1. The molecule has 0 bridgehead atoms. The van der Waals surface area contributed by atoms with Gasteiger partial charge in [0.15, 0.2) is 11.6 Å². The van der Waals surface area contributed by atoms with Gasteiger partial charge in [-0.2, -0.15) is 0 Å². The molecule has 2 atom stereocenters. The van der Waals surface area contributed by atoms with E-state index >= 15 is 0 Å². The Labute approximate surface area is 107 Å². The monoisotopic (exact) mass is 251 g/mol. The number of aromatic hydroxyl groups is 1. The number of anilines is 1. The Morgan fingerprint density at radius 2 is 2.22 bits per heavy atom. The predicted molar refractivity (Wildman–Crippen MR) is 71.2 cm³/mol. The molecule has 1 amide bonds. The molecule has 0 aliphatic carbocycles. The summed E-state index contributed by atoms with van der Waals surface area (Å²) in [4.78, 5) is 15.8. The summed E-state index contributed by atoms with van der Waals surface area (Å²) in [5.74, 6) is -0.0611. The standard InChI is InChI=1S/C13H21N3O2/c1-9(5-3-6-10(2)14)13(18)16-12-11(17)7-4-8-15-12/h4,7-10,17H,3,5-6,14H2,1-2H3,(H,15,16,18). The minimum atomic E-state index is -0.131. The Hall–Kier alpha value is -1.62. The Morgan fingerprint density at radius 3 is 2.83 bits per heavy atom. The largest absolute Gasteiger partial charge is 0.504 e. The molecule has 0 fully saturated rings. The van der Waals surface area contributed by atoms with Crippen LogP contribution in [-0.4, -0.2) is 22.0 Å². The Morgan fingerprint density at radius 1 is 1.50 bits per heavy atom. The Bertz CT molecular complexity index is 394. The third-order valence-electron chi connectivity index (χ3n) is 2.77. The van der Waals surface area contributed by atoms with Gasteiger partial charge in [0, 0.05) is 18.2 Å². The summed E-state index contributed by atoms with van der Waals surface area (Å²) in [7, 11) is 0. The van der Waals surface area contributed by atoms with Crippen LogP contribution in [0.1, 0.15) is 33.1 Å². The average molecular weight is 251 g/mol. The first-order valence-corrected chi connectivity index (χ1v) is 6.21. The molecule has 100 valence electrons. The van der Waals surface area contributed by atoms with Crippen LogP contribution in [0.15, 0.2) is 18.3 Å². The minimum Gasteiger partial charge on any atom is -0.504 e. The molecule has 0 aliphatic rings. The minimum absolute atomic E-state index is 0.0198. The lowest BCUT2D eigenvalue weighted by atomic mass is 10.0. The van der Waals surface area contributed by atoms with Gasteiger partial charge in [0.25, 0.3) is 0 Å². The van der Waals surface area contributed by atoms with Crippen LogP contribution in [0.5, 0.6) is 5.75 Å². The fourth-order valence-electron chi connectivity index (χ4n) is 1.61. The summed E-state index contributed by atoms with van der Waals surface area (Å²) in [6, 6.07) is 3.26. The highest BCUT2D eigenvalue weighted by molar-refractivity contribution is 5.92. The van der Waals surface area contributed by atoms with Crippen LogP contribution in [0.2, 0.25) is 0 Å².